The van der Waals surface area contributed by atoms with Gasteiger partial charge in [-0.25, -0.2) is 8.42 Å². The third kappa shape index (κ3) is 6.01. The Balaban J connectivity index is 2.03. The summed E-state index contributed by atoms with van der Waals surface area (Å²) in [6.45, 7) is 0.0734. The van der Waals surface area contributed by atoms with Gasteiger partial charge in [-0.2, -0.15) is 4.31 Å². The monoisotopic (exact) mass is 396 g/mol. The number of rotatable bonds is 8. The molecule has 0 aliphatic heterocycles. The van der Waals surface area contributed by atoms with E-state index in [0.717, 1.165) is 16.1 Å². The van der Waals surface area contributed by atoms with Crippen molar-refractivity contribution >= 4 is 27.5 Å². The minimum atomic E-state index is -3.57. The van der Waals surface area contributed by atoms with E-state index in [1.165, 1.54) is 7.11 Å². The van der Waals surface area contributed by atoms with Gasteiger partial charge in [0.25, 0.3) is 0 Å². The standard InChI is InChI=1S/C18H21ClN2O4S/c1-25-17-6-4-3-5-15(17)12-21(26(2,23)24)13-18(22)20-11-14-7-9-16(19)10-8-14/h3-10H,11-13H2,1-2H3,(H,20,22). The van der Waals surface area contributed by atoms with Crippen LogP contribution in [-0.2, 0) is 27.9 Å². The van der Waals surface area contributed by atoms with E-state index in [1.807, 2.05) is 0 Å². The predicted molar refractivity (Wildman–Crippen MR) is 102 cm³/mol. The molecule has 0 saturated carbocycles. The van der Waals surface area contributed by atoms with Gasteiger partial charge >= 0.3 is 0 Å². The van der Waals surface area contributed by atoms with E-state index in [2.05, 4.69) is 5.32 Å². The number of ether oxygens (including phenoxy) is 1. The lowest BCUT2D eigenvalue weighted by Crippen LogP contribution is -2.39. The molecular weight excluding hydrogens is 376 g/mol. The van der Waals surface area contributed by atoms with Crippen LogP contribution in [0.2, 0.25) is 5.02 Å². The molecule has 0 fully saturated rings. The van der Waals surface area contributed by atoms with Gasteiger partial charge in [0.1, 0.15) is 5.75 Å². The summed E-state index contributed by atoms with van der Waals surface area (Å²) in [4.78, 5) is 12.2. The number of hydrogen-bond acceptors (Lipinski definition) is 4. The fourth-order valence-electron chi connectivity index (χ4n) is 2.33. The number of carbonyl (C=O) groups excluding carboxylic acids is 1. The minimum Gasteiger partial charge on any atom is -0.496 e. The van der Waals surface area contributed by atoms with Crippen LogP contribution in [-0.4, -0.2) is 38.5 Å². The SMILES string of the molecule is COc1ccccc1CN(CC(=O)NCc1ccc(Cl)cc1)S(C)(=O)=O. The van der Waals surface area contributed by atoms with Crippen molar-refractivity contribution in [1.82, 2.24) is 9.62 Å². The number of nitrogens with zero attached hydrogens (tertiary/aromatic N) is 1. The summed E-state index contributed by atoms with van der Waals surface area (Å²) in [5.41, 5.74) is 1.56. The Morgan fingerprint density at radius 2 is 1.81 bits per heavy atom. The van der Waals surface area contributed by atoms with Crippen molar-refractivity contribution in [3.63, 3.8) is 0 Å². The molecule has 2 rings (SSSR count). The van der Waals surface area contributed by atoms with E-state index in [4.69, 9.17) is 16.3 Å². The van der Waals surface area contributed by atoms with E-state index in [0.29, 0.717) is 22.9 Å². The number of amides is 1. The molecule has 8 heteroatoms. The first-order chi connectivity index (χ1) is 12.3. The lowest BCUT2D eigenvalue weighted by Gasteiger charge is -2.20. The number of hydrogen-bond donors (Lipinski definition) is 1. The molecule has 0 saturated heterocycles. The largest absolute Gasteiger partial charge is 0.496 e. The first-order valence-electron chi connectivity index (χ1n) is 7.88. The highest BCUT2D eigenvalue weighted by molar-refractivity contribution is 7.88. The van der Waals surface area contributed by atoms with Gasteiger partial charge in [-0.05, 0) is 23.8 Å². The van der Waals surface area contributed by atoms with Crippen molar-refractivity contribution in [3.8, 4) is 5.75 Å². The molecule has 140 valence electrons. The molecule has 0 atom stereocenters. The van der Waals surface area contributed by atoms with Crippen LogP contribution in [0, 0.1) is 0 Å². The van der Waals surface area contributed by atoms with Gasteiger partial charge in [0, 0.05) is 23.7 Å². The Morgan fingerprint density at radius 3 is 2.42 bits per heavy atom. The molecule has 0 bridgehead atoms. The van der Waals surface area contributed by atoms with Crippen LogP contribution in [0.4, 0.5) is 0 Å². The number of carbonyl (C=O) groups is 1. The number of benzene rings is 2. The fourth-order valence-corrected chi connectivity index (χ4v) is 3.18. The lowest BCUT2D eigenvalue weighted by molar-refractivity contribution is -0.121. The van der Waals surface area contributed by atoms with Gasteiger partial charge in [-0.1, -0.05) is 41.9 Å². The second-order valence-electron chi connectivity index (χ2n) is 5.75. The lowest BCUT2D eigenvalue weighted by atomic mass is 10.2. The van der Waals surface area contributed by atoms with Crippen LogP contribution in [0.15, 0.2) is 48.5 Å². The highest BCUT2D eigenvalue weighted by atomic mass is 35.5. The quantitative estimate of drug-likeness (QED) is 0.743. The molecule has 1 N–H and O–H groups in total. The van der Waals surface area contributed by atoms with Crippen molar-refractivity contribution < 1.29 is 17.9 Å². The van der Waals surface area contributed by atoms with Crippen molar-refractivity contribution in [2.45, 2.75) is 13.1 Å². The molecule has 0 radical (unpaired) electrons. The molecule has 0 spiro atoms. The van der Waals surface area contributed by atoms with Gasteiger partial charge in [0.2, 0.25) is 15.9 Å². The summed E-state index contributed by atoms with van der Waals surface area (Å²) < 4.78 is 30.5. The predicted octanol–water partition coefficient (Wildman–Crippen LogP) is 2.43. The summed E-state index contributed by atoms with van der Waals surface area (Å²) in [6.07, 6.45) is 1.08. The molecule has 0 aliphatic carbocycles. The summed E-state index contributed by atoms with van der Waals surface area (Å²) in [5, 5.41) is 3.33. The van der Waals surface area contributed by atoms with E-state index < -0.39 is 10.0 Å². The molecule has 0 aliphatic rings. The zero-order valence-electron chi connectivity index (χ0n) is 14.6. The molecule has 1 amide bonds. The Bertz CT molecular complexity index is 854. The summed E-state index contributed by atoms with van der Waals surface area (Å²) in [7, 11) is -2.06. The molecule has 0 heterocycles. The van der Waals surface area contributed by atoms with E-state index in [-0.39, 0.29) is 19.0 Å². The fraction of sp³-hybridized carbons (Fsp3) is 0.278. The molecule has 0 aromatic heterocycles. The van der Waals surface area contributed by atoms with E-state index in [9.17, 15) is 13.2 Å². The van der Waals surface area contributed by atoms with Crippen LogP contribution < -0.4 is 10.1 Å². The van der Waals surface area contributed by atoms with Gasteiger partial charge in [-0.15, -0.1) is 0 Å². The highest BCUT2D eigenvalue weighted by Gasteiger charge is 2.21. The summed E-state index contributed by atoms with van der Waals surface area (Å²) in [6, 6.07) is 14.2. The normalized spacial score (nSPS) is 11.4. The smallest absolute Gasteiger partial charge is 0.235 e. The Labute approximate surface area is 158 Å². The third-order valence-electron chi connectivity index (χ3n) is 3.73. The van der Waals surface area contributed by atoms with Crippen LogP contribution in [0.3, 0.4) is 0 Å². The molecule has 6 nitrogen and oxygen atoms in total. The molecule has 0 unspecified atom stereocenters. The Kier molecular flexibility index (Phi) is 7.02. The van der Waals surface area contributed by atoms with Crippen molar-refractivity contribution in [3.05, 3.63) is 64.7 Å². The number of sulfonamides is 1. The third-order valence-corrected chi connectivity index (χ3v) is 5.18. The van der Waals surface area contributed by atoms with Crippen molar-refractivity contribution in [2.75, 3.05) is 19.9 Å². The van der Waals surface area contributed by atoms with Crippen LogP contribution in [0.1, 0.15) is 11.1 Å². The van der Waals surface area contributed by atoms with Crippen molar-refractivity contribution in [1.29, 1.82) is 0 Å². The first-order valence-corrected chi connectivity index (χ1v) is 10.1. The number of methoxy groups -OCH3 is 1. The van der Waals surface area contributed by atoms with Crippen LogP contribution >= 0.6 is 11.6 Å². The average Bonchev–Trinajstić information content (AvgIpc) is 2.60. The first kappa shape index (κ1) is 20.2. The molecule has 2 aromatic carbocycles. The summed E-state index contributed by atoms with van der Waals surface area (Å²) in [5.74, 6) is 0.183. The van der Waals surface area contributed by atoms with Crippen molar-refractivity contribution in [2.24, 2.45) is 0 Å². The topological polar surface area (TPSA) is 75.7 Å². The number of nitrogens with one attached hydrogen (secondary N) is 1. The minimum absolute atomic E-state index is 0.0528. The van der Waals surface area contributed by atoms with Gasteiger partial charge in [-0.3, -0.25) is 4.79 Å². The van der Waals surface area contributed by atoms with Crippen LogP contribution in [0.25, 0.3) is 0 Å². The van der Waals surface area contributed by atoms with E-state index in [1.54, 1.807) is 48.5 Å². The maximum atomic E-state index is 12.2. The Morgan fingerprint density at radius 1 is 1.15 bits per heavy atom. The summed E-state index contributed by atoms with van der Waals surface area (Å²) >= 11 is 5.82. The zero-order valence-corrected chi connectivity index (χ0v) is 16.2. The number of para-hydroxylation sites is 1. The molecular formula is C18H21ClN2O4S. The van der Waals surface area contributed by atoms with Gasteiger partial charge < -0.3 is 10.1 Å². The van der Waals surface area contributed by atoms with Gasteiger partial charge in [0.15, 0.2) is 0 Å². The maximum absolute atomic E-state index is 12.2. The van der Waals surface area contributed by atoms with Crippen LogP contribution in [0.5, 0.6) is 5.75 Å². The molecule has 2 aromatic rings. The Hall–Kier alpha value is -2.09. The van der Waals surface area contributed by atoms with Gasteiger partial charge in [0.05, 0.1) is 19.9 Å². The second kappa shape index (κ2) is 9.02. The maximum Gasteiger partial charge on any atom is 0.235 e. The average molecular weight is 397 g/mol. The highest BCUT2D eigenvalue weighted by Crippen LogP contribution is 2.20. The molecule has 26 heavy (non-hydrogen) atoms. The second-order valence-corrected chi connectivity index (χ2v) is 8.16. The van der Waals surface area contributed by atoms with E-state index >= 15 is 0 Å². The zero-order chi connectivity index (χ0) is 19.2. The number of halogens is 1.